The van der Waals surface area contributed by atoms with Gasteiger partial charge in [0.2, 0.25) is 0 Å². The molecule has 0 saturated heterocycles. The van der Waals surface area contributed by atoms with Gasteiger partial charge in [0.15, 0.2) is 11.5 Å². The van der Waals surface area contributed by atoms with Crippen LogP contribution in [0.15, 0.2) is 71.8 Å². The Labute approximate surface area is 185 Å². The van der Waals surface area contributed by atoms with Gasteiger partial charge < -0.3 is 19.3 Å². The molecular weight excluding hydrogens is 412 g/mol. The zero-order chi connectivity index (χ0) is 22.9. The Balaban J connectivity index is 1.60. The van der Waals surface area contributed by atoms with Crippen LogP contribution >= 0.6 is 0 Å². The van der Waals surface area contributed by atoms with E-state index in [1.54, 1.807) is 61.9 Å². The first kappa shape index (κ1) is 22.4. The van der Waals surface area contributed by atoms with E-state index in [0.29, 0.717) is 29.4 Å². The summed E-state index contributed by atoms with van der Waals surface area (Å²) >= 11 is 0. The number of carboxylic acids is 1. The van der Waals surface area contributed by atoms with Crippen LogP contribution in [0.1, 0.15) is 31.8 Å². The Morgan fingerprint density at radius 3 is 2.25 bits per heavy atom. The maximum absolute atomic E-state index is 11.5. The summed E-state index contributed by atoms with van der Waals surface area (Å²) in [6, 6.07) is 18.6. The van der Waals surface area contributed by atoms with E-state index in [4.69, 9.17) is 19.3 Å². The lowest BCUT2D eigenvalue weighted by Crippen LogP contribution is -2.02. The Bertz CT molecular complexity index is 1110. The molecule has 0 saturated carbocycles. The standard InChI is InChI=1S/C24H22N2O6/c1-30-22-13-17(14-25-26-20-10-8-18(9-11-20)23(27)28)5-12-21(22)32-15-16-3-6-19(7-4-16)24(29)31-2/h3-14,26H,15H2,1-2H3,(H,27,28). The van der Waals surface area contributed by atoms with Crippen molar-refractivity contribution in [3.63, 3.8) is 0 Å². The van der Waals surface area contributed by atoms with E-state index in [-0.39, 0.29) is 11.5 Å². The van der Waals surface area contributed by atoms with Crippen molar-refractivity contribution in [3.05, 3.63) is 89.0 Å². The van der Waals surface area contributed by atoms with Crippen molar-refractivity contribution in [2.24, 2.45) is 5.10 Å². The third kappa shape index (κ3) is 5.85. The molecule has 2 N–H and O–H groups in total. The van der Waals surface area contributed by atoms with Gasteiger partial charge in [-0.05, 0) is 65.7 Å². The van der Waals surface area contributed by atoms with Crippen molar-refractivity contribution in [1.82, 2.24) is 0 Å². The number of benzene rings is 3. The molecule has 0 aromatic heterocycles. The van der Waals surface area contributed by atoms with E-state index in [1.165, 1.54) is 19.2 Å². The summed E-state index contributed by atoms with van der Waals surface area (Å²) < 4.78 is 16.0. The highest BCUT2D eigenvalue weighted by Crippen LogP contribution is 2.28. The molecule has 8 nitrogen and oxygen atoms in total. The summed E-state index contributed by atoms with van der Waals surface area (Å²) in [5.41, 5.74) is 5.87. The van der Waals surface area contributed by atoms with Gasteiger partial charge in [-0.2, -0.15) is 5.10 Å². The van der Waals surface area contributed by atoms with Crippen LogP contribution in [0.3, 0.4) is 0 Å². The number of carbonyl (C=O) groups excluding carboxylic acids is 1. The third-order valence-corrected chi connectivity index (χ3v) is 4.50. The van der Waals surface area contributed by atoms with Gasteiger partial charge in [-0.3, -0.25) is 5.43 Å². The zero-order valence-electron chi connectivity index (χ0n) is 17.6. The third-order valence-electron chi connectivity index (χ3n) is 4.50. The molecule has 8 heteroatoms. The first-order chi connectivity index (χ1) is 15.5. The van der Waals surface area contributed by atoms with E-state index < -0.39 is 5.97 Å². The molecule has 32 heavy (non-hydrogen) atoms. The Morgan fingerprint density at radius 2 is 1.62 bits per heavy atom. The summed E-state index contributed by atoms with van der Waals surface area (Å²) in [6.07, 6.45) is 1.61. The number of hydrogen-bond acceptors (Lipinski definition) is 7. The minimum Gasteiger partial charge on any atom is -0.493 e. The first-order valence-electron chi connectivity index (χ1n) is 9.60. The molecule has 3 aromatic rings. The molecule has 3 rings (SSSR count). The smallest absolute Gasteiger partial charge is 0.337 e. The molecule has 0 radical (unpaired) electrons. The number of nitrogens with zero attached hydrogens (tertiary/aromatic N) is 1. The van der Waals surface area contributed by atoms with Crippen LogP contribution in [0, 0.1) is 0 Å². The van der Waals surface area contributed by atoms with Crippen molar-refractivity contribution in [1.29, 1.82) is 0 Å². The van der Waals surface area contributed by atoms with Gasteiger partial charge in [0.1, 0.15) is 6.61 Å². The molecule has 164 valence electrons. The molecule has 0 aliphatic carbocycles. The van der Waals surface area contributed by atoms with Gasteiger partial charge in [-0.1, -0.05) is 12.1 Å². The Morgan fingerprint density at radius 1 is 0.938 bits per heavy atom. The number of esters is 1. The van der Waals surface area contributed by atoms with E-state index in [0.717, 1.165) is 11.1 Å². The summed E-state index contributed by atoms with van der Waals surface area (Å²) in [5.74, 6) is -0.249. The highest BCUT2D eigenvalue weighted by molar-refractivity contribution is 5.89. The van der Waals surface area contributed by atoms with Crippen LogP contribution in [0.2, 0.25) is 0 Å². The molecule has 0 unspecified atom stereocenters. The molecule has 0 amide bonds. The number of ether oxygens (including phenoxy) is 3. The fraction of sp³-hybridized carbons (Fsp3) is 0.125. The van der Waals surface area contributed by atoms with Crippen molar-refractivity contribution in [3.8, 4) is 11.5 Å². The number of nitrogens with one attached hydrogen (secondary N) is 1. The van der Waals surface area contributed by atoms with Crippen molar-refractivity contribution in [2.75, 3.05) is 19.6 Å². The highest BCUT2D eigenvalue weighted by atomic mass is 16.5. The number of aromatic carboxylic acids is 1. The summed E-state index contributed by atoms with van der Waals surface area (Å²) in [4.78, 5) is 22.4. The molecule has 0 atom stereocenters. The molecule has 0 aliphatic heterocycles. The van der Waals surface area contributed by atoms with Gasteiger partial charge in [-0.25, -0.2) is 9.59 Å². The van der Waals surface area contributed by atoms with E-state index in [2.05, 4.69) is 10.5 Å². The lowest BCUT2D eigenvalue weighted by Gasteiger charge is -2.11. The second-order valence-corrected chi connectivity index (χ2v) is 6.64. The maximum Gasteiger partial charge on any atom is 0.337 e. The second kappa shape index (κ2) is 10.6. The quantitative estimate of drug-likeness (QED) is 0.295. The SMILES string of the molecule is COC(=O)c1ccc(COc2ccc(C=NNc3ccc(C(=O)O)cc3)cc2OC)cc1. The lowest BCUT2D eigenvalue weighted by molar-refractivity contribution is 0.0599. The number of anilines is 1. The fourth-order valence-electron chi connectivity index (χ4n) is 2.77. The summed E-state index contributed by atoms with van der Waals surface area (Å²) in [5, 5.41) is 13.1. The molecule has 3 aromatic carbocycles. The Hall–Kier alpha value is -4.33. The van der Waals surface area contributed by atoms with Gasteiger partial charge >= 0.3 is 11.9 Å². The van der Waals surface area contributed by atoms with Crippen LogP contribution in [0.4, 0.5) is 5.69 Å². The number of carboxylic acid groups (broad SMARTS) is 1. The lowest BCUT2D eigenvalue weighted by atomic mass is 10.1. The maximum atomic E-state index is 11.5. The van der Waals surface area contributed by atoms with Crippen LogP contribution in [-0.2, 0) is 11.3 Å². The number of carbonyl (C=O) groups is 2. The average Bonchev–Trinajstić information content (AvgIpc) is 2.83. The molecule has 0 aliphatic rings. The first-order valence-corrected chi connectivity index (χ1v) is 9.60. The normalized spacial score (nSPS) is 10.6. The van der Waals surface area contributed by atoms with E-state index >= 15 is 0 Å². The van der Waals surface area contributed by atoms with Crippen LogP contribution in [0.5, 0.6) is 11.5 Å². The summed E-state index contributed by atoms with van der Waals surface area (Å²) in [7, 11) is 2.89. The highest BCUT2D eigenvalue weighted by Gasteiger charge is 2.08. The van der Waals surface area contributed by atoms with Crippen molar-refractivity contribution >= 4 is 23.8 Å². The number of hydrazone groups is 1. The van der Waals surface area contributed by atoms with Crippen LogP contribution in [-0.4, -0.2) is 37.5 Å². The Kier molecular flexibility index (Phi) is 7.42. The van der Waals surface area contributed by atoms with E-state index in [9.17, 15) is 9.59 Å². The molecule has 0 fully saturated rings. The predicted molar refractivity (Wildman–Crippen MR) is 120 cm³/mol. The van der Waals surface area contributed by atoms with E-state index in [1.807, 2.05) is 6.07 Å². The van der Waals surface area contributed by atoms with Crippen LogP contribution in [0.25, 0.3) is 0 Å². The number of hydrogen-bond donors (Lipinski definition) is 2. The van der Waals surface area contributed by atoms with Crippen LogP contribution < -0.4 is 14.9 Å². The monoisotopic (exact) mass is 434 g/mol. The second-order valence-electron chi connectivity index (χ2n) is 6.64. The molecular formula is C24H22N2O6. The topological polar surface area (TPSA) is 106 Å². The van der Waals surface area contributed by atoms with Gasteiger partial charge in [0.25, 0.3) is 0 Å². The minimum absolute atomic E-state index is 0.208. The molecule has 0 spiro atoms. The van der Waals surface area contributed by atoms with Crippen molar-refractivity contribution in [2.45, 2.75) is 6.61 Å². The summed E-state index contributed by atoms with van der Waals surface area (Å²) in [6.45, 7) is 0.305. The number of rotatable bonds is 9. The molecule has 0 bridgehead atoms. The minimum atomic E-state index is -0.979. The average molecular weight is 434 g/mol. The largest absolute Gasteiger partial charge is 0.493 e. The number of methoxy groups -OCH3 is 2. The molecule has 0 heterocycles. The predicted octanol–water partition coefficient (Wildman–Crippen LogP) is 4.21. The van der Waals surface area contributed by atoms with Gasteiger partial charge in [0.05, 0.1) is 37.2 Å². The van der Waals surface area contributed by atoms with Gasteiger partial charge in [0, 0.05) is 0 Å². The van der Waals surface area contributed by atoms with Crippen molar-refractivity contribution < 1.29 is 28.9 Å². The zero-order valence-corrected chi connectivity index (χ0v) is 17.6. The fourth-order valence-corrected chi connectivity index (χ4v) is 2.77. The van der Waals surface area contributed by atoms with Gasteiger partial charge in [-0.15, -0.1) is 0 Å².